The number of non-ortho nitro benzene ring substituents is 1. The number of amides is 4. The van der Waals surface area contributed by atoms with Crippen LogP contribution in [0.25, 0.3) is 17.4 Å². The van der Waals surface area contributed by atoms with Crippen LogP contribution in [0.5, 0.6) is 5.75 Å². The number of rotatable bonds is 5. The molecule has 4 amide bonds. The Morgan fingerprint density at radius 3 is 2.56 bits per heavy atom. The highest BCUT2D eigenvalue weighted by Crippen LogP contribution is 2.35. The Hall–Kier alpha value is -4.44. The van der Waals surface area contributed by atoms with Crippen LogP contribution in [0.3, 0.4) is 0 Å². The molecule has 3 aromatic rings. The van der Waals surface area contributed by atoms with Gasteiger partial charge in [-0.3, -0.25) is 25.0 Å². The van der Waals surface area contributed by atoms with E-state index in [1.807, 2.05) is 0 Å². The summed E-state index contributed by atoms with van der Waals surface area (Å²) < 4.78 is 11.0. The Balaban J connectivity index is 1.68. The first-order valence-electron chi connectivity index (χ1n) is 9.80. The maximum atomic E-state index is 13.0. The molecule has 4 rings (SSSR count). The topological polar surface area (TPSA) is 132 Å². The number of nitro groups is 1. The van der Waals surface area contributed by atoms with Crippen molar-refractivity contribution in [2.24, 2.45) is 0 Å². The Morgan fingerprint density at radius 1 is 1.12 bits per heavy atom. The molecule has 0 bridgehead atoms. The minimum absolute atomic E-state index is 0.144. The molecule has 0 spiro atoms. The van der Waals surface area contributed by atoms with Crippen molar-refractivity contribution in [3.63, 3.8) is 0 Å². The summed E-state index contributed by atoms with van der Waals surface area (Å²) in [5.74, 6) is -1.08. The molecule has 0 unspecified atom stereocenters. The molecule has 0 radical (unpaired) electrons. The average molecular weight is 482 g/mol. The standard InChI is InChI=1S/C23H16ClN3O7/c1-12-3-4-13(9-18(12)24)26-22(29)17(21(28)25-23(26)30)11-15-6-8-19(34-15)16-7-5-14(27(31)32)10-20(16)33-2/h3-11H,1-2H3,(H,25,28,30). The summed E-state index contributed by atoms with van der Waals surface area (Å²) in [6.07, 6.45) is 1.20. The van der Waals surface area contributed by atoms with Crippen molar-refractivity contribution in [3.8, 4) is 17.1 Å². The lowest BCUT2D eigenvalue weighted by Crippen LogP contribution is -2.54. The van der Waals surface area contributed by atoms with E-state index in [-0.39, 0.29) is 28.5 Å². The van der Waals surface area contributed by atoms with Gasteiger partial charge in [-0.15, -0.1) is 0 Å². The van der Waals surface area contributed by atoms with Gasteiger partial charge in [-0.1, -0.05) is 17.7 Å². The zero-order valence-corrected chi connectivity index (χ0v) is 18.6. The van der Waals surface area contributed by atoms with Crippen LogP contribution in [0.1, 0.15) is 11.3 Å². The van der Waals surface area contributed by atoms with Gasteiger partial charge in [0.25, 0.3) is 17.5 Å². The molecule has 0 saturated carbocycles. The van der Waals surface area contributed by atoms with Crippen molar-refractivity contribution in [2.75, 3.05) is 12.0 Å². The molecule has 2 heterocycles. The molecule has 2 aromatic carbocycles. The summed E-state index contributed by atoms with van der Waals surface area (Å²) in [6.45, 7) is 1.77. The largest absolute Gasteiger partial charge is 0.496 e. The fraction of sp³-hybridized carbons (Fsp3) is 0.0870. The van der Waals surface area contributed by atoms with Crippen LogP contribution in [-0.4, -0.2) is 29.9 Å². The highest BCUT2D eigenvalue weighted by molar-refractivity contribution is 6.39. The van der Waals surface area contributed by atoms with E-state index < -0.39 is 22.8 Å². The highest BCUT2D eigenvalue weighted by Gasteiger charge is 2.37. The average Bonchev–Trinajstić information content (AvgIpc) is 3.26. The third kappa shape index (κ3) is 4.14. The quantitative estimate of drug-likeness (QED) is 0.245. The maximum absolute atomic E-state index is 13.0. The van der Waals surface area contributed by atoms with E-state index >= 15 is 0 Å². The molecule has 1 aromatic heterocycles. The predicted octanol–water partition coefficient (Wildman–Crippen LogP) is 4.49. The second-order valence-electron chi connectivity index (χ2n) is 7.24. The molecule has 10 nitrogen and oxygen atoms in total. The zero-order chi connectivity index (χ0) is 24.6. The number of carbonyl (C=O) groups excluding carboxylic acids is 3. The number of anilines is 1. The summed E-state index contributed by atoms with van der Waals surface area (Å²) in [5.41, 5.74) is 0.912. The lowest BCUT2D eigenvalue weighted by molar-refractivity contribution is -0.384. The SMILES string of the molecule is COc1cc([N+](=O)[O-])ccc1-c1ccc(C=C2C(=O)NC(=O)N(c3ccc(C)c(Cl)c3)C2=O)o1. The Bertz CT molecular complexity index is 1390. The monoisotopic (exact) mass is 481 g/mol. The second kappa shape index (κ2) is 8.83. The van der Waals surface area contributed by atoms with Crippen LogP contribution < -0.4 is 15.0 Å². The van der Waals surface area contributed by atoms with Crippen molar-refractivity contribution >= 4 is 46.9 Å². The van der Waals surface area contributed by atoms with Gasteiger partial charge < -0.3 is 9.15 Å². The van der Waals surface area contributed by atoms with Crippen LogP contribution in [0, 0.1) is 17.0 Å². The number of benzene rings is 2. The molecule has 0 atom stereocenters. The van der Waals surface area contributed by atoms with Crippen LogP contribution in [0.15, 0.2) is 58.5 Å². The fourth-order valence-electron chi connectivity index (χ4n) is 3.33. The number of furan rings is 1. The van der Waals surface area contributed by atoms with Crippen molar-refractivity contribution < 1.29 is 28.5 Å². The van der Waals surface area contributed by atoms with Crippen LogP contribution in [-0.2, 0) is 9.59 Å². The van der Waals surface area contributed by atoms with Gasteiger partial charge in [-0.05, 0) is 48.9 Å². The van der Waals surface area contributed by atoms with Crippen molar-refractivity contribution in [1.82, 2.24) is 5.32 Å². The maximum Gasteiger partial charge on any atom is 0.335 e. The second-order valence-corrected chi connectivity index (χ2v) is 7.64. The molecule has 34 heavy (non-hydrogen) atoms. The molecular formula is C23H16ClN3O7. The van der Waals surface area contributed by atoms with Crippen molar-refractivity contribution in [3.05, 3.63) is 80.6 Å². The van der Waals surface area contributed by atoms with E-state index in [4.69, 9.17) is 20.8 Å². The van der Waals surface area contributed by atoms with Gasteiger partial charge >= 0.3 is 6.03 Å². The van der Waals surface area contributed by atoms with E-state index in [0.29, 0.717) is 16.3 Å². The van der Waals surface area contributed by atoms with E-state index in [1.54, 1.807) is 19.1 Å². The van der Waals surface area contributed by atoms with Crippen LogP contribution in [0.4, 0.5) is 16.2 Å². The minimum atomic E-state index is -0.900. The molecule has 1 N–H and O–H groups in total. The lowest BCUT2D eigenvalue weighted by atomic mass is 10.1. The summed E-state index contributed by atoms with van der Waals surface area (Å²) in [4.78, 5) is 49.1. The smallest absolute Gasteiger partial charge is 0.335 e. The first-order chi connectivity index (χ1) is 16.2. The van der Waals surface area contributed by atoms with Gasteiger partial charge in [0.2, 0.25) is 0 Å². The number of barbiturate groups is 1. The molecule has 1 fully saturated rings. The highest BCUT2D eigenvalue weighted by atomic mass is 35.5. The normalized spacial score (nSPS) is 15.0. The van der Waals surface area contributed by atoms with E-state index in [9.17, 15) is 24.5 Å². The number of methoxy groups -OCH3 is 1. The first-order valence-corrected chi connectivity index (χ1v) is 10.2. The predicted molar refractivity (Wildman–Crippen MR) is 123 cm³/mol. The summed E-state index contributed by atoms with van der Waals surface area (Å²) in [7, 11) is 1.36. The van der Waals surface area contributed by atoms with Gasteiger partial charge in [0, 0.05) is 11.1 Å². The van der Waals surface area contributed by atoms with Gasteiger partial charge in [0.05, 0.1) is 29.4 Å². The van der Waals surface area contributed by atoms with E-state index in [2.05, 4.69) is 5.32 Å². The van der Waals surface area contributed by atoms with E-state index in [1.165, 1.54) is 49.6 Å². The van der Waals surface area contributed by atoms with Crippen LogP contribution in [0.2, 0.25) is 5.02 Å². The van der Waals surface area contributed by atoms with Gasteiger partial charge in [0.15, 0.2) is 0 Å². The number of halogens is 1. The third-order valence-corrected chi connectivity index (χ3v) is 5.50. The number of imide groups is 2. The molecule has 172 valence electrons. The molecule has 1 aliphatic rings. The van der Waals surface area contributed by atoms with Gasteiger partial charge in [-0.2, -0.15) is 0 Å². The zero-order valence-electron chi connectivity index (χ0n) is 17.8. The van der Waals surface area contributed by atoms with Crippen molar-refractivity contribution in [2.45, 2.75) is 6.92 Å². The first kappa shape index (κ1) is 22.7. The lowest BCUT2D eigenvalue weighted by Gasteiger charge is -2.26. The Morgan fingerprint density at radius 2 is 1.88 bits per heavy atom. The van der Waals surface area contributed by atoms with Gasteiger partial charge in [0.1, 0.15) is 22.8 Å². The van der Waals surface area contributed by atoms with Gasteiger partial charge in [-0.25, -0.2) is 9.69 Å². The summed E-state index contributed by atoms with van der Waals surface area (Å²) >= 11 is 6.12. The number of nitrogens with one attached hydrogen (secondary N) is 1. The number of nitrogens with zero attached hydrogens (tertiary/aromatic N) is 2. The Labute approximate surface area is 197 Å². The molecule has 1 aliphatic heterocycles. The fourth-order valence-corrected chi connectivity index (χ4v) is 3.50. The number of nitro benzene ring substituents is 1. The van der Waals surface area contributed by atoms with Crippen LogP contribution >= 0.6 is 11.6 Å². The number of ether oxygens (including phenoxy) is 1. The number of aryl methyl sites for hydroxylation is 1. The molecule has 11 heteroatoms. The molecular weight excluding hydrogens is 466 g/mol. The summed E-state index contributed by atoms with van der Waals surface area (Å²) in [6, 6.07) is 10.8. The number of hydrogen-bond acceptors (Lipinski definition) is 7. The van der Waals surface area contributed by atoms with E-state index in [0.717, 1.165) is 10.5 Å². The molecule has 0 aliphatic carbocycles. The number of carbonyl (C=O) groups is 3. The van der Waals surface area contributed by atoms with Crippen molar-refractivity contribution in [1.29, 1.82) is 0 Å². The molecule has 1 saturated heterocycles. The number of urea groups is 1. The Kier molecular flexibility index (Phi) is 5.91. The number of hydrogen-bond donors (Lipinski definition) is 1. The minimum Gasteiger partial charge on any atom is -0.496 e. The third-order valence-electron chi connectivity index (χ3n) is 5.09. The summed E-state index contributed by atoms with van der Waals surface area (Å²) in [5, 5.41) is 13.5.